The molecule has 0 radical (unpaired) electrons. The molecule has 0 unspecified atom stereocenters. The smallest absolute Gasteiger partial charge is 0.402 e. The molecule has 6 rings (SSSR count). The van der Waals surface area contributed by atoms with Gasteiger partial charge in [0.15, 0.2) is 0 Å². The maximum absolute atomic E-state index is 11.7. The van der Waals surface area contributed by atoms with Crippen molar-refractivity contribution in [2.24, 2.45) is 5.92 Å². The van der Waals surface area contributed by atoms with Gasteiger partial charge in [-0.15, -0.1) is 0 Å². The molecule has 0 amide bonds. The summed E-state index contributed by atoms with van der Waals surface area (Å²) in [5.41, 5.74) is 1.68. The Bertz CT molecular complexity index is 1220. The number of ether oxygens (including phenoxy) is 2. The number of hydrogen-bond acceptors (Lipinski definition) is 5. The van der Waals surface area contributed by atoms with Crippen LogP contribution in [0.5, 0.6) is 0 Å². The van der Waals surface area contributed by atoms with Gasteiger partial charge in [-0.2, -0.15) is 0 Å². The third-order valence-electron chi connectivity index (χ3n) is 8.51. The van der Waals surface area contributed by atoms with E-state index in [1.807, 2.05) is 72.8 Å². The van der Waals surface area contributed by atoms with Gasteiger partial charge in [-0.3, -0.25) is 0 Å². The highest BCUT2D eigenvalue weighted by Gasteiger charge is 2.65. The van der Waals surface area contributed by atoms with Gasteiger partial charge in [0.1, 0.15) is 29.7 Å². The van der Waals surface area contributed by atoms with E-state index in [0.717, 1.165) is 35.0 Å². The summed E-state index contributed by atoms with van der Waals surface area (Å²) in [5.74, 6) is -0.104. The molecule has 40 heavy (non-hydrogen) atoms. The van der Waals surface area contributed by atoms with Crippen LogP contribution in [0.2, 0.25) is 5.82 Å². The highest BCUT2D eigenvalue weighted by atomic mass is 16.7. The Hall–Kier alpha value is -3.55. The number of carbonyl (C=O) groups excluding carboxylic acids is 1. The third-order valence-corrected chi connectivity index (χ3v) is 8.51. The first-order valence-corrected chi connectivity index (χ1v) is 13.8. The fraction of sp³-hybridized carbons (Fsp3) is 0.265. The number of hydrogen-bond donors (Lipinski definition) is 0. The van der Waals surface area contributed by atoms with Crippen LogP contribution in [0.25, 0.3) is 0 Å². The van der Waals surface area contributed by atoms with E-state index in [0.29, 0.717) is 0 Å². The Balaban J connectivity index is 1.61. The summed E-state index contributed by atoms with van der Waals surface area (Å²) in [6.45, 7) is 0. The second-order valence-electron chi connectivity index (χ2n) is 10.5. The summed E-state index contributed by atoms with van der Waals surface area (Å²) in [7, 11) is 2.85. The molecule has 4 aromatic rings. The molecule has 202 valence electrons. The van der Waals surface area contributed by atoms with E-state index in [4.69, 9.17) is 18.8 Å². The molecular formula is C34H33BO5. The SMILES string of the molecule is COC(c1ccccc1)(c1ccccc1)[C@@H]1OB([C@@H]2C[C@@H]2C=O)O[C@H]1C(OC)(c1ccccc1)c1ccccc1. The Morgan fingerprint density at radius 3 is 1.20 bits per heavy atom. The van der Waals surface area contributed by atoms with Crippen molar-refractivity contribution in [2.75, 3.05) is 14.2 Å². The van der Waals surface area contributed by atoms with E-state index >= 15 is 0 Å². The predicted molar refractivity (Wildman–Crippen MR) is 155 cm³/mol. The Labute approximate surface area is 236 Å². The van der Waals surface area contributed by atoms with Gasteiger partial charge in [0, 0.05) is 26.0 Å². The van der Waals surface area contributed by atoms with Crippen molar-refractivity contribution in [3.05, 3.63) is 144 Å². The molecular weight excluding hydrogens is 499 g/mol. The van der Waals surface area contributed by atoms with Crippen LogP contribution in [0.1, 0.15) is 28.7 Å². The van der Waals surface area contributed by atoms with E-state index in [-0.39, 0.29) is 11.7 Å². The number of benzene rings is 4. The lowest BCUT2D eigenvalue weighted by Gasteiger charge is -2.47. The molecule has 1 aliphatic carbocycles. The Morgan fingerprint density at radius 1 is 0.625 bits per heavy atom. The third kappa shape index (κ3) is 4.32. The average molecular weight is 532 g/mol. The zero-order chi connectivity index (χ0) is 27.6. The lowest BCUT2D eigenvalue weighted by atomic mass is 9.71. The van der Waals surface area contributed by atoms with Crippen molar-refractivity contribution in [3.63, 3.8) is 0 Å². The van der Waals surface area contributed by atoms with Gasteiger partial charge in [0.2, 0.25) is 0 Å². The molecule has 0 bridgehead atoms. The van der Waals surface area contributed by atoms with Gasteiger partial charge in [-0.05, 0) is 28.7 Å². The molecule has 1 saturated carbocycles. The van der Waals surface area contributed by atoms with E-state index in [1.165, 1.54) is 0 Å². The lowest BCUT2D eigenvalue weighted by molar-refractivity contribution is -0.136. The molecule has 2 fully saturated rings. The maximum Gasteiger partial charge on any atom is 0.461 e. The molecule has 2 aliphatic rings. The second kappa shape index (κ2) is 11.1. The minimum absolute atomic E-state index is 0.0211. The van der Waals surface area contributed by atoms with Gasteiger partial charge in [-0.1, -0.05) is 121 Å². The molecule has 1 aliphatic heterocycles. The first kappa shape index (κ1) is 26.7. The molecule has 1 heterocycles. The van der Waals surface area contributed by atoms with Crippen molar-refractivity contribution in [2.45, 2.75) is 35.6 Å². The highest BCUT2D eigenvalue weighted by Crippen LogP contribution is 2.55. The molecule has 1 saturated heterocycles. The zero-order valence-electron chi connectivity index (χ0n) is 22.8. The standard InChI is InChI=1S/C34H33BO5/c1-37-33(26-15-7-3-8-16-26,27-17-9-4-10-18-27)31-32(40-35(39-31)30-23-25(30)24-36)34(38-2,28-19-11-5-12-20-28)29-21-13-6-14-22-29/h3-22,24-25,30-32H,23H2,1-2H3/t25-,30-,31-,32-/m1/s1. The minimum Gasteiger partial charge on any atom is -0.402 e. The summed E-state index contributed by atoms with van der Waals surface area (Å²) >= 11 is 0. The summed E-state index contributed by atoms with van der Waals surface area (Å²) in [4.78, 5) is 11.7. The Kier molecular flexibility index (Phi) is 7.43. The molecule has 0 spiro atoms. The molecule has 4 atom stereocenters. The fourth-order valence-corrected chi connectivity index (χ4v) is 6.43. The topological polar surface area (TPSA) is 54.0 Å². The number of aldehydes is 1. The molecule has 6 heteroatoms. The predicted octanol–water partition coefficient (Wildman–Crippen LogP) is 6.03. The van der Waals surface area contributed by atoms with Crippen molar-refractivity contribution < 1.29 is 23.6 Å². The first-order chi connectivity index (χ1) is 19.7. The van der Waals surface area contributed by atoms with Crippen LogP contribution in [-0.2, 0) is 34.8 Å². The van der Waals surface area contributed by atoms with E-state index in [9.17, 15) is 4.79 Å². The molecule has 4 aromatic carbocycles. The Morgan fingerprint density at radius 2 is 0.950 bits per heavy atom. The monoisotopic (exact) mass is 532 g/mol. The largest absolute Gasteiger partial charge is 0.461 e. The van der Waals surface area contributed by atoms with Gasteiger partial charge in [0.25, 0.3) is 0 Å². The summed E-state index contributed by atoms with van der Waals surface area (Å²) in [6, 6.07) is 40.6. The average Bonchev–Trinajstić information content (AvgIpc) is 3.71. The summed E-state index contributed by atoms with van der Waals surface area (Å²) < 4.78 is 27.1. The second-order valence-corrected chi connectivity index (χ2v) is 10.5. The van der Waals surface area contributed by atoms with Crippen LogP contribution < -0.4 is 0 Å². The van der Waals surface area contributed by atoms with Crippen LogP contribution >= 0.6 is 0 Å². The minimum atomic E-state index is -1.04. The first-order valence-electron chi connectivity index (χ1n) is 13.8. The fourth-order valence-electron chi connectivity index (χ4n) is 6.43. The van der Waals surface area contributed by atoms with Crippen molar-refractivity contribution in [1.82, 2.24) is 0 Å². The van der Waals surface area contributed by atoms with Crippen LogP contribution in [0.15, 0.2) is 121 Å². The maximum atomic E-state index is 11.7. The molecule has 0 N–H and O–H groups in total. The van der Waals surface area contributed by atoms with Crippen LogP contribution in [-0.4, -0.2) is 39.8 Å². The summed E-state index contributed by atoms with van der Waals surface area (Å²) in [6.07, 6.45) is 0.470. The zero-order valence-corrected chi connectivity index (χ0v) is 22.8. The van der Waals surface area contributed by atoms with Gasteiger partial charge in [-0.25, -0.2) is 0 Å². The van der Waals surface area contributed by atoms with Crippen LogP contribution in [0.4, 0.5) is 0 Å². The van der Waals surface area contributed by atoms with Gasteiger partial charge >= 0.3 is 7.12 Å². The van der Waals surface area contributed by atoms with Crippen molar-refractivity contribution in [3.8, 4) is 0 Å². The molecule has 5 nitrogen and oxygen atoms in total. The summed E-state index contributed by atoms with van der Waals surface area (Å²) in [5, 5.41) is 0. The van der Waals surface area contributed by atoms with E-state index < -0.39 is 30.5 Å². The highest BCUT2D eigenvalue weighted by molar-refractivity contribution is 6.49. The normalized spacial score (nSPS) is 22.7. The number of rotatable bonds is 10. The molecule has 0 aromatic heterocycles. The van der Waals surface area contributed by atoms with Crippen molar-refractivity contribution >= 4 is 13.4 Å². The van der Waals surface area contributed by atoms with E-state index in [1.54, 1.807) is 14.2 Å². The van der Waals surface area contributed by atoms with Crippen LogP contribution in [0, 0.1) is 5.92 Å². The van der Waals surface area contributed by atoms with E-state index in [2.05, 4.69) is 48.5 Å². The van der Waals surface area contributed by atoms with Crippen molar-refractivity contribution in [1.29, 1.82) is 0 Å². The number of carbonyl (C=O) groups is 1. The quantitative estimate of drug-likeness (QED) is 0.185. The number of methoxy groups -OCH3 is 2. The van der Waals surface area contributed by atoms with Gasteiger partial charge in [0.05, 0.1) is 0 Å². The lowest BCUT2D eigenvalue weighted by Crippen LogP contribution is -2.56. The van der Waals surface area contributed by atoms with Crippen LogP contribution in [0.3, 0.4) is 0 Å². The van der Waals surface area contributed by atoms with Gasteiger partial charge < -0.3 is 23.6 Å².